The van der Waals surface area contributed by atoms with Gasteiger partial charge in [0.1, 0.15) is 5.69 Å². The van der Waals surface area contributed by atoms with E-state index in [2.05, 4.69) is 40.4 Å². The third-order valence-corrected chi connectivity index (χ3v) is 6.19. The van der Waals surface area contributed by atoms with Crippen molar-refractivity contribution in [2.24, 2.45) is 5.92 Å². The summed E-state index contributed by atoms with van der Waals surface area (Å²) in [5, 5.41) is 4.68. The van der Waals surface area contributed by atoms with E-state index in [0.717, 1.165) is 44.8 Å². The second-order valence-corrected chi connectivity index (χ2v) is 7.92. The molecule has 3 aliphatic heterocycles. The van der Waals surface area contributed by atoms with Gasteiger partial charge in [-0.2, -0.15) is 5.10 Å². The minimum Gasteiger partial charge on any atom is -0.335 e. The van der Waals surface area contributed by atoms with Crippen molar-refractivity contribution in [1.29, 1.82) is 0 Å². The maximum Gasteiger partial charge on any atom is 0.272 e. The van der Waals surface area contributed by atoms with Gasteiger partial charge in [-0.3, -0.25) is 19.4 Å². The Morgan fingerprint density at radius 3 is 2.74 bits per heavy atom. The van der Waals surface area contributed by atoms with E-state index < -0.39 is 0 Å². The van der Waals surface area contributed by atoms with Gasteiger partial charge in [-0.1, -0.05) is 6.07 Å². The Morgan fingerprint density at radius 2 is 2.04 bits per heavy atom. The summed E-state index contributed by atoms with van der Waals surface area (Å²) < 4.78 is 2.09. The maximum atomic E-state index is 12.9. The molecule has 6 heteroatoms. The number of aromatic nitrogens is 3. The van der Waals surface area contributed by atoms with Crippen molar-refractivity contribution in [3.63, 3.8) is 0 Å². The summed E-state index contributed by atoms with van der Waals surface area (Å²) in [6.45, 7) is 11.0. The molecule has 0 aliphatic carbocycles. The zero-order valence-corrected chi connectivity index (χ0v) is 16.6. The van der Waals surface area contributed by atoms with Crippen LogP contribution in [0, 0.1) is 19.8 Å². The standard InChI is InChI=1S/C21H29N5O/c1-4-26-16(3)19(15(2)23-26)14-24-11-17-8-9-18(24)13-25(12-17)21(27)20-7-5-6-10-22-20/h5-7,10,17-18H,4,8-9,11-14H2,1-3H3/t17-,18-/m1/s1. The molecule has 2 aromatic rings. The molecule has 0 radical (unpaired) electrons. The zero-order valence-electron chi connectivity index (χ0n) is 16.6. The van der Waals surface area contributed by atoms with Gasteiger partial charge in [-0.25, -0.2) is 0 Å². The molecular formula is C21H29N5O. The van der Waals surface area contributed by atoms with Crippen LogP contribution >= 0.6 is 0 Å². The van der Waals surface area contributed by atoms with Gasteiger partial charge in [0, 0.05) is 56.2 Å². The lowest BCUT2D eigenvalue weighted by Crippen LogP contribution is -2.44. The van der Waals surface area contributed by atoms with Gasteiger partial charge < -0.3 is 4.90 Å². The molecule has 5 rings (SSSR count). The third-order valence-electron chi connectivity index (χ3n) is 6.19. The number of pyridine rings is 1. The molecule has 0 unspecified atom stereocenters. The minimum atomic E-state index is 0.0699. The Bertz CT molecular complexity index is 815. The molecule has 2 atom stereocenters. The zero-order chi connectivity index (χ0) is 19.0. The van der Waals surface area contributed by atoms with Crippen LogP contribution in [-0.4, -0.2) is 56.1 Å². The smallest absolute Gasteiger partial charge is 0.272 e. The van der Waals surface area contributed by atoms with Gasteiger partial charge >= 0.3 is 0 Å². The lowest BCUT2D eigenvalue weighted by atomic mass is 9.94. The molecule has 0 aromatic carbocycles. The van der Waals surface area contributed by atoms with Gasteiger partial charge in [-0.05, 0) is 51.7 Å². The number of hydrogen-bond acceptors (Lipinski definition) is 4. The van der Waals surface area contributed by atoms with Crippen molar-refractivity contribution >= 4 is 5.91 Å². The van der Waals surface area contributed by atoms with Gasteiger partial charge in [0.15, 0.2) is 0 Å². The Morgan fingerprint density at radius 1 is 1.19 bits per heavy atom. The van der Waals surface area contributed by atoms with Gasteiger partial charge in [0.2, 0.25) is 0 Å². The average Bonchev–Trinajstić information content (AvgIpc) is 2.88. The fourth-order valence-electron chi connectivity index (χ4n) is 4.66. The number of carbonyl (C=O) groups excluding carboxylic acids is 1. The van der Waals surface area contributed by atoms with Crippen LogP contribution in [0.15, 0.2) is 24.4 Å². The summed E-state index contributed by atoms with van der Waals surface area (Å²) in [7, 11) is 0. The van der Waals surface area contributed by atoms with E-state index in [4.69, 9.17) is 0 Å². The summed E-state index contributed by atoms with van der Waals surface area (Å²) in [6.07, 6.45) is 4.07. The van der Waals surface area contributed by atoms with Crippen LogP contribution in [0.2, 0.25) is 0 Å². The van der Waals surface area contributed by atoms with Crippen LogP contribution in [0.4, 0.5) is 0 Å². The van der Waals surface area contributed by atoms with E-state index in [1.165, 1.54) is 17.7 Å². The molecule has 27 heavy (non-hydrogen) atoms. The number of hydrogen-bond donors (Lipinski definition) is 0. The van der Waals surface area contributed by atoms with Crippen molar-refractivity contribution in [1.82, 2.24) is 24.6 Å². The first-order chi connectivity index (χ1) is 13.1. The SMILES string of the molecule is CCn1nc(C)c(CN2C[C@H]3CC[C@@H]2CN(C(=O)c2ccccn2)C3)c1C. The second kappa shape index (κ2) is 7.43. The fourth-order valence-corrected chi connectivity index (χ4v) is 4.66. The van der Waals surface area contributed by atoms with E-state index in [1.54, 1.807) is 6.20 Å². The molecule has 3 saturated heterocycles. The number of carbonyl (C=O) groups is 1. The minimum absolute atomic E-state index is 0.0699. The van der Waals surface area contributed by atoms with Crippen molar-refractivity contribution in [3.8, 4) is 0 Å². The number of piperidine rings is 1. The lowest BCUT2D eigenvalue weighted by Gasteiger charge is -2.36. The molecule has 0 spiro atoms. The van der Waals surface area contributed by atoms with E-state index >= 15 is 0 Å². The summed E-state index contributed by atoms with van der Waals surface area (Å²) in [5.41, 5.74) is 4.32. The van der Waals surface area contributed by atoms with Gasteiger partial charge in [0.25, 0.3) is 5.91 Å². The maximum absolute atomic E-state index is 12.9. The molecule has 5 heterocycles. The topological polar surface area (TPSA) is 54.3 Å². The Balaban J connectivity index is 1.52. The third kappa shape index (κ3) is 3.50. The number of aryl methyl sites for hydroxylation is 2. The molecule has 3 aliphatic rings. The normalized spacial score (nSPS) is 22.9. The largest absolute Gasteiger partial charge is 0.335 e. The molecule has 3 fully saturated rings. The molecule has 6 nitrogen and oxygen atoms in total. The van der Waals surface area contributed by atoms with Crippen molar-refractivity contribution in [2.75, 3.05) is 19.6 Å². The van der Waals surface area contributed by atoms with Gasteiger partial charge in [0.05, 0.1) is 5.69 Å². The molecule has 1 amide bonds. The Labute approximate surface area is 161 Å². The van der Waals surface area contributed by atoms with Crippen molar-refractivity contribution in [3.05, 3.63) is 47.0 Å². The van der Waals surface area contributed by atoms with Crippen molar-refractivity contribution in [2.45, 2.75) is 52.7 Å². The first-order valence-electron chi connectivity index (χ1n) is 10.0. The van der Waals surface area contributed by atoms with Crippen LogP contribution in [0.3, 0.4) is 0 Å². The fraction of sp³-hybridized carbons (Fsp3) is 0.571. The monoisotopic (exact) mass is 367 g/mol. The molecule has 2 bridgehead atoms. The number of amides is 1. The predicted octanol–water partition coefficient (Wildman–Crippen LogP) is 2.65. The van der Waals surface area contributed by atoms with E-state index in [0.29, 0.717) is 17.7 Å². The van der Waals surface area contributed by atoms with Crippen LogP contribution < -0.4 is 0 Å². The molecule has 0 N–H and O–H groups in total. The molecule has 2 aromatic heterocycles. The number of nitrogens with zero attached hydrogens (tertiary/aromatic N) is 5. The van der Waals surface area contributed by atoms with Gasteiger partial charge in [-0.15, -0.1) is 0 Å². The first kappa shape index (κ1) is 18.2. The Hall–Kier alpha value is -2.21. The van der Waals surface area contributed by atoms with Crippen LogP contribution in [-0.2, 0) is 13.1 Å². The predicted molar refractivity (Wildman–Crippen MR) is 104 cm³/mol. The number of fused-ring (bicyclic) bond motifs is 4. The van der Waals surface area contributed by atoms with E-state index in [9.17, 15) is 4.79 Å². The molecular weight excluding hydrogens is 338 g/mol. The average molecular weight is 367 g/mol. The molecule has 0 saturated carbocycles. The van der Waals surface area contributed by atoms with E-state index in [1.807, 2.05) is 23.1 Å². The lowest BCUT2D eigenvalue weighted by molar-refractivity contribution is 0.0730. The summed E-state index contributed by atoms with van der Waals surface area (Å²) in [4.78, 5) is 21.8. The molecule has 144 valence electrons. The quantitative estimate of drug-likeness (QED) is 0.834. The summed E-state index contributed by atoms with van der Waals surface area (Å²) in [6, 6.07) is 5.97. The summed E-state index contributed by atoms with van der Waals surface area (Å²) in [5.74, 6) is 0.610. The number of rotatable bonds is 4. The van der Waals surface area contributed by atoms with Crippen molar-refractivity contribution < 1.29 is 4.79 Å². The highest BCUT2D eigenvalue weighted by atomic mass is 16.2. The highest BCUT2D eigenvalue weighted by Gasteiger charge is 2.37. The summed E-state index contributed by atoms with van der Waals surface area (Å²) >= 11 is 0. The Kier molecular flexibility index (Phi) is 5.00. The highest BCUT2D eigenvalue weighted by molar-refractivity contribution is 5.92. The highest BCUT2D eigenvalue weighted by Crippen LogP contribution is 2.30. The van der Waals surface area contributed by atoms with Crippen LogP contribution in [0.5, 0.6) is 0 Å². The first-order valence-corrected chi connectivity index (χ1v) is 10.0. The van der Waals surface area contributed by atoms with Crippen LogP contribution in [0.25, 0.3) is 0 Å². The van der Waals surface area contributed by atoms with Crippen LogP contribution in [0.1, 0.15) is 47.2 Å². The second-order valence-electron chi connectivity index (χ2n) is 7.92. The van der Waals surface area contributed by atoms with E-state index in [-0.39, 0.29) is 5.91 Å².